The fourth-order valence-corrected chi connectivity index (χ4v) is 4.30. The van der Waals surface area contributed by atoms with E-state index in [0.29, 0.717) is 40.0 Å². The van der Waals surface area contributed by atoms with Crippen LogP contribution in [-0.2, 0) is 22.8 Å². The Morgan fingerprint density at radius 2 is 1.57 bits per heavy atom. The first-order valence-corrected chi connectivity index (χ1v) is 13.1. The van der Waals surface area contributed by atoms with Crippen LogP contribution in [0.5, 0.6) is 17.2 Å². The van der Waals surface area contributed by atoms with E-state index in [0.717, 1.165) is 10.5 Å². The molecule has 8 nitrogen and oxygen atoms in total. The molecule has 0 spiro atoms. The van der Waals surface area contributed by atoms with Crippen molar-refractivity contribution < 1.29 is 33.0 Å². The molecule has 1 aliphatic heterocycles. The lowest BCUT2D eigenvalue weighted by molar-refractivity contribution is -0.122. The van der Waals surface area contributed by atoms with Crippen LogP contribution in [0.1, 0.15) is 16.7 Å². The first-order valence-electron chi connectivity index (χ1n) is 12.7. The molecule has 0 aromatic heterocycles. The van der Waals surface area contributed by atoms with Gasteiger partial charge in [-0.15, -0.1) is 0 Å². The number of carbonyl (C=O) groups is 3. The summed E-state index contributed by atoms with van der Waals surface area (Å²) in [5.74, 6) is -0.729. The molecule has 10 heteroatoms. The number of anilines is 1. The molecule has 0 aliphatic carbocycles. The molecular weight excluding hydrogens is 563 g/mol. The summed E-state index contributed by atoms with van der Waals surface area (Å²) in [6.45, 7) is 0.413. The number of nitrogens with zero attached hydrogens (tertiary/aromatic N) is 1. The van der Waals surface area contributed by atoms with Gasteiger partial charge in [-0.2, -0.15) is 0 Å². The van der Waals surface area contributed by atoms with E-state index in [1.807, 2.05) is 12.1 Å². The monoisotopic (exact) mass is 586 g/mol. The van der Waals surface area contributed by atoms with Crippen molar-refractivity contribution in [2.45, 2.75) is 13.2 Å². The van der Waals surface area contributed by atoms with Gasteiger partial charge in [0.25, 0.3) is 11.8 Å². The van der Waals surface area contributed by atoms with Crippen LogP contribution in [0.2, 0.25) is 5.02 Å². The SMILES string of the molecule is COc1cc(/C=C2\C(=O)NC(=O)N(c3ccc(OCc4ccc(Cl)cc4)cc3)C2=O)ccc1OCc1cccc(F)c1. The Balaban J connectivity index is 1.31. The highest BCUT2D eigenvalue weighted by atomic mass is 35.5. The summed E-state index contributed by atoms with van der Waals surface area (Å²) in [4.78, 5) is 39.5. The van der Waals surface area contributed by atoms with Gasteiger partial charge in [0.2, 0.25) is 0 Å². The number of amides is 4. The number of benzene rings is 4. The van der Waals surface area contributed by atoms with E-state index in [4.69, 9.17) is 25.8 Å². The van der Waals surface area contributed by atoms with Gasteiger partial charge in [-0.25, -0.2) is 14.1 Å². The van der Waals surface area contributed by atoms with Gasteiger partial charge >= 0.3 is 6.03 Å². The third-order valence-electron chi connectivity index (χ3n) is 6.30. The lowest BCUT2D eigenvalue weighted by atomic mass is 10.1. The second-order valence-corrected chi connectivity index (χ2v) is 9.63. The zero-order valence-electron chi connectivity index (χ0n) is 22.3. The normalized spacial score (nSPS) is 14.1. The van der Waals surface area contributed by atoms with E-state index in [-0.39, 0.29) is 23.7 Å². The quantitative estimate of drug-likeness (QED) is 0.182. The first-order chi connectivity index (χ1) is 20.3. The molecule has 1 saturated heterocycles. The Bertz CT molecular complexity index is 1670. The summed E-state index contributed by atoms with van der Waals surface area (Å²) < 4.78 is 30.4. The van der Waals surface area contributed by atoms with Crippen molar-refractivity contribution in [1.82, 2.24) is 5.32 Å². The third kappa shape index (κ3) is 6.59. The van der Waals surface area contributed by atoms with E-state index in [1.165, 1.54) is 25.3 Å². The average molecular weight is 587 g/mol. The summed E-state index contributed by atoms with van der Waals surface area (Å²) in [7, 11) is 1.45. The molecule has 4 aromatic rings. The molecule has 42 heavy (non-hydrogen) atoms. The molecule has 1 heterocycles. The number of hydrogen-bond donors (Lipinski definition) is 1. The molecule has 0 radical (unpaired) electrons. The standard InChI is InChI=1S/C32H24ClFN2O6/c1-40-29-17-21(7-14-28(29)42-19-22-3-2-4-24(34)15-22)16-27-30(37)35-32(39)36(31(27)38)25-10-12-26(13-11-25)41-18-20-5-8-23(33)9-6-20/h2-17H,18-19H2,1H3,(H,35,37,39)/b27-16+. The number of nitrogens with one attached hydrogen (secondary N) is 1. The maximum Gasteiger partial charge on any atom is 0.335 e. The Hall–Kier alpha value is -5.15. The molecule has 4 aromatic carbocycles. The maximum atomic E-state index is 13.5. The van der Waals surface area contributed by atoms with Crippen LogP contribution in [0.3, 0.4) is 0 Å². The van der Waals surface area contributed by atoms with E-state index in [9.17, 15) is 18.8 Å². The van der Waals surface area contributed by atoms with Gasteiger partial charge in [0.15, 0.2) is 11.5 Å². The average Bonchev–Trinajstić information content (AvgIpc) is 2.99. The molecule has 1 N–H and O–H groups in total. The zero-order chi connectivity index (χ0) is 29.6. The van der Waals surface area contributed by atoms with Gasteiger partial charge < -0.3 is 14.2 Å². The number of hydrogen-bond acceptors (Lipinski definition) is 6. The number of halogens is 2. The number of barbiturate groups is 1. The fourth-order valence-electron chi connectivity index (χ4n) is 4.18. The highest BCUT2D eigenvalue weighted by Crippen LogP contribution is 2.31. The summed E-state index contributed by atoms with van der Waals surface area (Å²) in [5, 5.41) is 2.83. The highest BCUT2D eigenvalue weighted by Gasteiger charge is 2.36. The van der Waals surface area contributed by atoms with Crippen molar-refractivity contribution in [3.8, 4) is 17.2 Å². The van der Waals surface area contributed by atoms with E-state index in [2.05, 4.69) is 5.32 Å². The number of methoxy groups -OCH3 is 1. The van der Waals surface area contributed by atoms with Gasteiger partial charge in [0, 0.05) is 5.02 Å². The molecule has 1 fully saturated rings. The number of ether oxygens (including phenoxy) is 3. The minimum atomic E-state index is -0.865. The van der Waals surface area contributed by atoms with Gasteiger partial charge in [0.05, 0.1) is 12.8 Å². The Labute approximate surface area is 245 Å². The molecule has 4 amide bonds. The second-order valence-electron chi connectivity index (χ2n) is 9.20. The van der Waals surface area contributed by atoms with Gasteiger partial charge in [-0.05, 0) is 83.4 Å². The van der Waals surface area contributed by atoms with Crippen LogP contribution in [0.25, 0.3) is 6.08 Å². The van der Waals surface area contributed by atoms with Crippen molar-refractivity contribution in [2.75, 3.05) is 12.0 Å². The van der Waals surface area contributed by atoms with Crippen LogP contribution in [-0.4, -0.2) is 25.0 Å². The molecule has 5 rings (SSSR count). The van der Waals surface area contributed by atoms with Crippen LogP contribution >= 0.6 is 11.6 Å². The number of carbonyl (C=O) groups excluding carboxylic acids is 3. The second kappa shape index (κ2) is 12.6. The number of urea groups is 1. The van der Waals surface area contributed by atoms with Crippen LogP contribution < -0.4 is 24.4 Å². The Morgan fingerprint density at radius 1 is 0.833 bits per heavy atom. The molecule has 0 bridgehead atoms. The smallest absolute Gasteiger partial charge is 0.335 e. The van der Waals surface area contributed by atoms with Crippen LogP contribution in [0.4, 0.5) is 14.9 Å². The van der Waals surface area contributed by atoms with E-state index < -0.39 is 17.8 Å². The van der Waals surface area contributed by atoms with Crippen LogP contribution in [0, 0.1) is 5.82 Å². The van der Waals surface area contributed by atoms with Crippen LogP contribution in [0.15, 0.2) is 96.6 Å². The lowest BCUT2D eigenvalue weighted by Gasteiger charge is -2.26. The third-order valence-corrected chi connectivity index (χ3v) is 6.55. The molecule has 0 atom stereocenters. The fraction of sp³-hybridized carbons (Fsp3) is 0.0938. The lowest BCUT2D eigenvalue weighted by Crippen LogP contribution is -2.54. The predicted molar refractivity (Wildman–Crippen MR) is 155 cm³/mol. The molecule has 0 saturated carbocycles. The Kier molecular flexibility index (Phi) is 8.50. The molecule has 212 valence electrons. The van der Waals surface area contributed by atoms with Gasteiger partial charge in [-0.1, -0.05) is 41.9 Å². The topological polar surface area (TPSA) is 94.2 Å². The largest absolute Gasteiger partial charge is 0.493 e. The maximum absolute atomic E-state index is 13.5. The van der Waals surface area contributed by atoms with Crippen molar-refractivity contribution in [3.05, 3.63) is 124 Å². The summed E-state index contributed by atoms with van der Waals surface area (Å²) in [6.07, 6.45) is 1.36. The van der Waals surface area contributed by atoms with Crippen molar-refractivity contribution in [2.24, 2.45) is 0 Å². The minimum absolute atomic E-state index is 0.109. The Morgan fingerprint density at radius 3 is 2.29 bits per heavy atom. The van der Waals surface area contributed by atoms with E-state index in [1.54, 1.807) is 66.7 Å². The summed E-state index contributed by atoms with van der Waals surface area (Å²) in [5.41, 5.74) is 2.04. The molecule has 0 unspecified atom stereocenters. The van der Waals surface area contributed by atoms with Crippen molar-refractivity contribution in [3.63, 3.8) is 0 Å². The first kappa shape index (κ1) is 28.4. The summed E-state index contributed by atoms with van der Waals surface area (Å²) in [6, 6.07) is 23.6. The summed E-state index contributed by atoms with van der Waals surface area (Å²) >= 11 is 5.91. The van der Waals surface area contributed by atoms with Crippen molar-refractivity contribution in [1.29, 1.82) is 0 Å². The van der Waals surface area contributed by atoms with Crippen molar-refractivity contribution >= 4 is 41.2 Å². The minimum Gasteiger partial charge on any atom is -0.493 e. The van der Waals surface area contributed by atoms with E-state index >= 15 is 0 Å². The highest BCUT2D eigenvalue weighted by molar-refractivity contribution is 6.39. The van der Waals surface area contributed by atoms with Gasteiger partial charge in [0.1, 0.15) is 30.4 Å². The van der Waals surface area contributed by atoms with Gasteiger partial charge in [-0.3, -0.25) is 14.9 Å². The number of imide groups is 2. The predicted octanol–water partition coefficient (Wildman–Crippen LogP) is 6.31. The zero-order valence-corrected chi connectivity index (χ0v) is 23.1. The number of rotatable bonds is 9. The molecule has 1 aliphatic rings. The molecular formula is C32H24ClFN2O6.